The van der Waals surface area contributed by atoms with E-state index in [1.54, 1.807) is 20.2 Å². The van der Waals surface area contributed by atoms with E-state index in [1.165, 1.54) is 23.0 Å². The second-order valence-corrected chi connectivity index (χ2v) is 7.80. The molecule has 0 spiro atoms. The summed E-state index contributed by atoms with van der Waals surface area (Å²) >= 11 is 0. The number of hydrogen-bond donors (Lipinski definition) is 2. The quantitative estimate of drug-likeness (QED) is 0.554. The Morgan fingerprint density at radius 3 is 2.73 bits per heavy atom. The first-order chi connectivity index (χ1) is 15.8. The second-order valence-electron chi connectivity index (χ2n) is 7.80. The van der Waals surface area contributed by atoms with Gasteiger partial charge >= 0.3 is 0 Å². The van der Waals surface area contributed by atoms with E-state index in [0.717, 1.165) is 6.07 Å². The molecule has 2 N–H and O–H groups in total. The van der Waals surface area contributed by atoms with E-state index in [1.807, 2.05) is 0 Å². The lowest BCUT2D eigenvalue weighted by atomic mass is 9.93. The first-order valence-corrected chi connectivity index (χ1v) is 10.2. The van der Waals surface area contributed by atoms with Crippen molar-refractivity contribution in [3.05, 3.63) is 63.5 Å². The van der Waals surface area contributed by atoms with Gasteiger partial charge in [-0.05, 0) is 19.0 Å². The van der Waals surface area contributed by atoms with Gasteiger partial charge in [-0.25, -0.2) is 23.1 Å². The van der Waals surface area contributed by atoms with Crippen molar-refractivity contribution in [3.63, 3.8) is 0 Å². The fraction of sp³-hybridized carbons (Fsp3) is 0.348. The van der Waals surface area contributed by atoms with Crippen LogP contribution in [0.5, 0.6) is 0 Å². The van der Waals surface area contributed by atoms with Crippen LogP contribution in [0.1, 0.15) is 35.6 Å². The third kappa shape index (κ3) is 3.83. The Labute approximate surface area is 188 Å². The van der Waals surface area contributed by atoms with Gasteiger partial charge in [-0.3, -0.25) is 9.36 Å². The molecule has 1 aliphatic rings. The maximum absolute atomic E-state index is 14.7. The molecule has 3 aromatic rings. The molecule has 1 aliphatic heterocycles. The summed E-state index contributed by atoms with van der Waals surface area (Å²) in [6.45, 7) is 1.14. The largest absolute Gasteiger partial charge is 0.372 e. The van der Waals surface area contributed by atoms with Gasteiger partial charge in [-0.15, -0.1) is 6.42 Å². The highest BCUT2D eigenvalue weighted by molar-refractivity contribution is 5.87. The third-order valence-electron chi connectivity index (χ3n) is 6.05. The number of hydrogen-bond acceptors (Lipinski definition) is 6. The van der Waals surface area contributed by atoms with E-state index < -0.39 is 29.4 Å². The zero-order chi connectivity index (χ0) is 23.8. The van der Waals surface area contributed by atoms with Gasteiger partial charge in [0.1, 0.15) is 35.3 Å². The van der Waals surface area contributed by atoms with Crippen LogP contribution in [-0.4, -0.2) is 34.7 Å². The number of ether oxygens (including phenoxy) is 1. The van der Waals surface area contributed by atoms with Crippen LogP contribution >= 0.6 is 0 Å². The van der Waals surface area contributed by atoms with Crippen molar-refractivity contribution >= 4 is 16.9 Å². The average Bonchev–Trinajstić information content (AvgIpc) is 3.30. The minimum Gasteiger partial charge on any atom is -0.372 e. The van der Waals surface area contributed by atoms with Crippen molar-refractivity contribution in [1.82, 2.24) is 19.9 Å². The predicted octanol–water partition coefficient (Wildman–Crippen LogP) is 3.03. The Kier molecular flexibility index (Phi) is 6.10. The maximum Gasteiger partial charge on any atom is 0.266 e. The highest BCUT2D eigenvalue weighted by Crippen LogP contribution is 2.33. The van der Waals surface area contributed by atoms with Crippen LogP contribution in [0, 0.1) is 18.2 Å². The molecule has 0 aliphatic carbocycles. The number of pyridine rings is 1. The molecule has 3 heterocycles. The summed E-state index contributed by atoms with van der Waals surface area (Å²) < 4.78 is 48.2. The summed E-state index contributed by atoms with van der Waals surface area (Å²) in [5.74, 6) is 1.55. The number of nitrogens with zero attached hydrogens (tertiary/aromatic N) is 3. The van der Waals surface area contributed by atoms with E-state index in [2.05, 4.69) is 26.5 Å². The molecule has 33 heavy (non-hydrogen) atoms. The van der Waals surface area contributed by atoms with Crippen LogP contribution in [0.15, 0.2) is 35.4 Å². The first kappa shape index (κ1) is 22.8. The molecule has 0 saturated carbocycles. The smallest absolute Gasteiger partial charge is 0.266 e. The Morgan fingerprint density at radius 1 is 1.33 bits per heavy atom. The average molecular weight is 457 g/mol. The maximum atomic E-state index is 14.7. The topological polar surface area (TPSA) is 81.1 Å². The van der Waals surface area contributed by atoms with E-state index in [9.17, 15) is 18.0 Å². The number of alkyl halides is 2. The van der Waals surface area contributed by atoms with Crippen LogP contribution in [0.4, 0.5) is 19.0 Å². The zero-order valence-electron chi connectivity index (χ0n) is 18.0. The number of aromatic nitrogens is 3. The van der Waals surface area contributed by atoms with Crippen LogP contribution in [0.25, 0.3) is 11.0 Å². The number of nitrogens with one attached hydrogen (secondary N) is 2. The molecule has 1 saturated heterocycles. The van der Waals surface area contributed by atoms with Crippen LogP contribution in [0.2, 0.25) is 0 Å². The Hall–Kier alpha value is -3.42. The van der Waals surface area contributed by atoms with Crippen molar-refractivity contribution in [1.29, 1.82) is 0 Å². The molecular formula is C23H22F3N5O2. The lowest BCUT2D eigenvalue weighted by molar-refractivity contribution is 0.00194. The minimum atomic E-state index is -2.98. The number of methoxy groups -OCH3 is 1. The van der Waals surface area contributed by atoms with Crippen molar-refractivity contribution in [2.45, 2.75) is 24.5 Å². The zero-order valence-corrected chi connectivity index (χ0v) is 18.0. The molecule has 7 nitrogen and oxygen atoms in total. The molecule has 2 atom stereocenters. The van der Waals surface area contributed by atoms with Crippen LogP contribution in [-0.2, 0) is 17.4 Å². The van der Waals surface area contributed by atoms with E-state index >= 15 is 0 Å². The molecule has 172 valence electrons. The number of anilines is 1. The SMILES string of the molecule is C#CC(Nc1ncnc2c1cc(C1(OC)CCNC1)c(=O)n2C)c1cccc(C(F)F)c1F. The molecule has 0 bridgehead atoms. The van der Waals surface area contributed by atoms with Gasteiger partial charge in [0.15, 0.2) is 0 Å². The molecule has 0 amide bonds. The first-order valence-electron chi connectivity index (χ1n) is 10.2. The molecule has 4 rings (SSSR count). The third-order valence-corrected chi connectivity index (χ3v) is 6.05. The Morgan fingerprint density at radius 2 is 2.09 bits per heavy atom. The van der Waals surface area contributed by atoms with E-state index in [4.69, 9.17) is 11.2 Å². The van der Waals surface area contributed by atoms with Gasteiger partial charge in [0.05, 0.1) is 16.5 Å². The van der Waals surface area contributed by atoms with Gasteiger partial charge in [0.25, 0.3) is 12.0 Å². The highest BCUT2D eigenvalue weighted by Gasteiger charge is 2.39. The summed E-state index contributed by atoms with van der Waals surface area (Å²) in [6.07, 6.45) is 4.48. The summed E-state index contributed by atoms with van der Waals surface area (Å²) in [4.78, 5) is 21.6. The summed E-state index contributed by atoms with van der Waals surface area (Å²) in [5, 5.41) is 6.61. The highest BCUT2D eigenvalue weighted by atomic mass is 19.3. The molecular weight excluding hydrogens is 435 g/mol. The normalized spacial score (nSPS) is 19.1. The predicted molar refractivity (Wildman–Crippen MR) is 118 cm³/mol. The number of halogens is 3. The fourth-order valence-electron chi connectivity index (χ4n) is 4.20. The minimum absolute atomic E-state index is 0.111. The summed E-state index contributed by atoms with van der Waals surface area (Å²) in [6, 6.07) is 4.23. The number of terminal acetylenes is 1. The lowest BCUT2D eigenvalue weighted by Crippen LogP contribution is -2.39. The second kappa shape index (κ2) is 8.84. The standard InChI is InChI=1S/C23H22F3N5O2/c1-4-17(13-6-5-7-14(18(13)24)19(25)26)30-20-15-10-16(23(33-3)8-9-27-11-23)22(32)31(2)21(15)29-12-28-20/h1,5-7,10,12,17,19,27H,8-9,11H2,2-3H3,(H,28,29,30). The van der Waals surface area contributed by atoms with Crippen molar-refractivity contribution in [2.24, 2.45) is 7.05 Å². The number of benzene rings is 1. The fourth-order valence-corrected chi connectivity index (χ4v) is 4.20. The van der Waals surface area contributed by atoms with Gasteiger partial charge in [0.2, 0.25) is 0 Å². The molecule has 1 aromatic carbocycles. The van der Waals surface area contributed by atoms with Crippen molar-refractivity contribution < 1.29 is 17.9 Å². The van der Waals surface area contributed by atoms with Gasteiger partial charge in [-0.1, -0.05) is 24.1 Å². The molecule has 10 heteroatoms. The Balaban J connectivity index is 1.84. The van der Waals surface area contributed by atoms with E-state index in [0.29, 0.717) is 36.1 Å². The van der Waals surface area contributed by atoms with Crippen molar-refractivity contribution in [3.8, 4) is 12.3 Å². The molecule has 0 radical (unpaired) electrons. The summed E-state index contributed by atoms with van der Waals surface area (Å²) in [5.41, 5.74) is -1.17. The number of rotatable bonds is 6. The van der Waals surface area contributed by atoms with Gasteiger partial charge in [-0.2, -0.15) is 0 Å². The monoisotopic (exact) mass is 457 g/mol. The van der Waals surface area contributed by atoms with Crippen LogP contribution < -0.4 is 16.2 Å². The summed E-state index contributed by atoms with van der Waals surface area (Å²) in [7, 11) is 3.13. The van der Waals surface area contributed by atoms with Crippen LogP contribution in [0.3, 0.4) is 0 Å². The molecule has 2 unspecified atom stereocenters. The van der Waals surface area contributed by atoms with Gasteiger partial charge in [0, 0.05) is 26.3 Å². The van der Waals surface area contributed by atoms with E-state index in [-0.39, 0.29) is 16.9 Å². The Bertz CT molecular complexity index is 1300. The molecule has 2 aromatic heterocycles. The van der Waals surface area contributed by atoms with Gasteiger partial charge < -0.3 is 15.4 Å². The molecule has 1 fully saturated rings. The number of fused-ring (bicyclic) bond motifs is 1. The number of aryl methyl sites for hydroxylation is 1. The van der Waals surface area contributed by atoms with Crippen molar-refractivity contribution in [2.75, 3.05) is 25.5 Å². The lowest BCUT2D eigenvalue weighted by Gasteiger charge is -2.27.